The number of H-pyrrole nitrogens is 1. The van der Waals surface area contributed by atoms with E-state index in [0.717, 1.165) is 17.7 Å². The van der Waals surface area contributed by atoms with Crippen LogP contribution in [0.1, 0.15) is 20.3 Å². The number of aromatic nitrogens is 2. The molecule has 0 saturated carbocycles. The molecule has 8 nitrogen and oxygen atoms in total. The standard InChI is InChI=1S/C9H13FN2O3.C3H8O3/c1-6(15-2)3-4-12-5-7(10)8(13)11-9(12)14;1-3(4,5)6-2/h5-6H,3-4H2,1-2H3,(H,11,13,14);4-5H,1-2H3. The fourth-order valence-corrected chi connectivity index (χ4v) is 1.09. The van der Waals surface area contributed by atoms with E-state index < -0.39 is 23.0 Å². The molecule has 0 fully saturated rings. The Morgan fingerprint density at radius 1 is 1.43 bits per heavy atom. The summed E-state index contributed by atoms with van der Waals surface area (Å²) in [6, 6.07) is 0. The lowest BCUT2D eigenvalue weighted by Crippen LogP contribution is -2.32. The molecular formula is C12H21FN2O6. The summed E-state index contributed by atoms with van der Waals surface area (Å²) in [5, 5.41) is 16.3. The number of methoxy groups -OCH3 is 2. The summed E-state index contributed by atoms with van der Waals surface area (Å²) in [5.74, 6) is -2.92. The molecule has 1 unspecified atom stereocenters. The SMILES string of the molecule is COC(C)(O)O.COC(C)CCn1cc(F)c(=O)[nH]c1=O. The highest BCUT2D eigenvalue weighted by atomic mass is 19.1. The minimum absolute atomic E-state index is 0.0214. The number of aromatic amines is 1. The highest BCUT2D eigenvalue weighted by molar-refractivity contribution is 4.87. The predicted octanol–water partition coefficient (Wildman–Crippen LogP) is -0.608. The van der Waals surface area contributed by atoms with Crippen molar-refractivity contribution in [2.24, 2.45) is 0 Å². The highest BCUT2D eigenvalue weighted by Gasteiger charge is 2.10. The zero-order chi connectivity index (χ0) is 16.6. The Balaban J connectivity index is 0.000000567. The lowest BCUT2D eigenvalue weighted by atomic mass is 10.3. The Hall–Kier alpha value is -1.55. The van der Waals surface area contributed by atoms with Gasteiger partial charge >= 0.3 is 5.69 Å². The van der Waals surface area contributed by atoms with Crippen LogP contribution in [-0.2, 0) is 16.0 Å². The third-order valence-electron chi connectivity index (χ3n) is 2.53. The van der Waals surface area contributed by atoms with Gasteiger partial charge in [-0.2, -0.15) is 4.39 Å². The lowest BCUT2D eigenvalue weighted by Gasteiger charge is -2.10. The molecule has 0 aliphatic carbocycles. The zero-order valence-corrected chi connectivity index (χ0v) is 12.4. The van der Waals surface area contributed by atoms with E-state index in [-0.39, 0.29) is 6.10 Å². The molecule has 0 radical (unpaired) electrons. The number of aliphatic hydroxyl groups is 2. The molecular weight excluding hydrogens is 287 g/mol. The molecule has 0 aromatic carbocycles. The monoisotopic (exact) mass is 308 g/mol. The quantitative estimate of drug-likeness (QED) is 0.625. The molecule has 0 saturated heterocycles. The van der Waals surface area contributed by atoms with Crippen LogP contribution in [0.3, 0.4) is 0 Å². The first-order valence-electron chi connectivity index (χ1n) is 6.12. The van der Waals surface area contributed by atoms with E-state index in [0.29, 0.717) is 13.0 Å². The molecule has 1 aromatic heterocycles. The minimum Gasteiger partial charge on any atom is -0.382 e. The van der Waals surface area contributed by atoms with E-state index >= 15 is 0 Å². The average Bonchev–Trinajstić information content (AvgIpc) is 2.41. The number of aryl methyl sites for hydroxylation is 1. The van der Waals surface area contributed by atoms with Crippen molar-refractivity contribution in [3.8, 4) is 0 Å². The predicted molar refractivity (Wildman–Crippen MR) is 72.2 cm³/mol. The van der Waals surface area contributed by atoms with Crippen LogP contribution in [0, 0.1) is 5.82 Å². The molecule has 21 heavy (non-hydrogen) atoms. The van der Waals surface area contributed by atoms with Gasteiger partial charge in [-0.3, -0.25) is 14.3 Å². The Kier molecular flexibility index (Phi) is 8.03. The lowest BCUT2D eigenvalue weighted by molar-refractivity contribution is -0.312. The number of halogens is 1. The van der Waals surface area contributed by atoms with Crippen molar-refractivity contribution >= 4 is 0 Å². The van der Waals surface area contributed by atoms with Crippen LogP contribution in [-0.4, -0.2) is 46.1 Å². The van der Waals surface area contributed by atoms with Crippen molar-refractivity contribution in [1.29, 1.82) is 0 Å². The third kappa shape index (κ3) is 8.35. The first-order valence-corrected chi connectivity index (χ1v) is 6.12. The van der Waals surface area contributed by atoms with E-state index in [1.807, 2.05) is 11.9 Å². The van der Waals surface area contributed by atoms with E-state index in [2.05, 4.69) is 4.74 Å². The van der Waals surface area contributed by atoms with Gasteiger partial charge in [0.25, 0.3) is 11.5 Å². The van der Waals surface area contributed by atoms with Gasteiger partial charge in [0.2, 0.25) is 5.82 Å². The van der Waals surface area contributed by atoms with Crippen molar-refractivity contribution in [2.75, 3.05) is 14.2 Å². The number of rotatable bonds is 5. The van der Waals surface area contributed by atoms with Crippen molar-refractivity contribution in [3.05, 3.63) is 32.9 Å². The maximum atomic E-state index is 12.8. The van der Waals surface area contributed by atoms with Crippen molar-refractivity contribution in [1.82, 2.24) is 9.55 Å². The van der Waals surface area contributed by atoms with Gasteiger partial charge in [-0.05, 0) is 13.3 Å². The average molecular weight is 308 g/mol. The summed E-state index contributed by atoms with van der Waals surface area (Å²) in [4.78, 5) is 23.8. The van der Waals surface area contributed by atoms with Crippen LogP contribution in [0.5, 0.6) is 0 Å². The third-order valence-corrected chi connectivity index (χ3v) is 2.53. The summed E-state index contributed by atoms with van der Waals surface area (Å²) in [6.45, 7) is 3.28. The Morgan fingerprint density at radius 2 is 1.95 bits per heavy atom. The molecule has 3 N–H and O–H groups in total. The molecule has 1 aromatic rings. The second-order valence-electron chi connectivity index (χ2n) is 4.40. The smallest absolute Gasteiger partial charge is 0.328 e. The summed E-state index contributed by atoms with van der Waals surface area (Å²) in [7, 11) is 2.76. The summed E-state index contributed by atoms with van der Waals surface area (Å²) < 4.78 is 23.0. The zero-order valence-electron chi connectivity index (χ0n) is 12.4. The van der Waals surface area contributed by atoms with Gasteiger partial charge in [0.05, 0.1) is 12.3 Å². The highest BCUT2D eigenvalue weighted by Crippen LogP contribution is 1.97. The number of nitrogens with zero attached hydrogens (tertiary/aromatic N) is 1. The van der Waals surface area contributed by atoms with E-state index in [4.69, 9.17) is 14.9 Å². The number of hydrogen-bond donors (Lipinski definition) is 3. The molecule has 1 heterocycles. The van der Waals surface area contributed by atoms with Gasteiger partial charge in [-0.25, -0.2) is 4.79 Å². The van der Waals surface area contributed by atoms with E-state index in [1.165, 1.54) is 7.11 Å². The Labute approximate surface area is 120 Å². The van der Waals surface area contributed by atoms with Crippen LogP contribution in [0.4, 0.5) is 4.39 Å². The summed E-state index contributed by atoms with van der Waals surface area (Å²) in [5.41, 5.74) is -1.60. The maximum Gasteiger partial charge on any atom is 0.328 e. The Morgan fingerprint density at radius 3 is 2.38 bits per heavy atom. The second-order valence-corrected chi connectivity index (χ2v) is 4.40. The van der Waals surface area contributed by atoms with Crippen LogP contribution in [0.15, 0.2) is 15.8 Å². The van der Waals surface area contributed by atoms with Gasteiger partial charge < -0.3 is 19.7 Å². The number of hydrogen-bond acceptors (Lipinski definition) is 6. The molecule has 9 heteroatoms. The van der Waals surface area contributed by atoms with Crippen molar-refractivity contribution in [2.45, 2.75) is 38.9 Å². The first kappa shape index (κ1) is 19.4. The molecule has 0 bridgehead atoms. The Bertz CT molecular complexity index is 534. The van der Waals surface area contributed by atoms with Crippen molar-refractivity contribution < 1.29 is 24.1 Å². The first-order chi connectivity index (χ1) is 9.60. The molecule has 1 rings (SSSR count). The molecule has 1 atom stereocenters. The molecule has 0 aliphatic rings. The number of nitrogens with one attached hydrogen (secondary N) is 1. The minimum atomic E-state index is -1.96. The topological polar surface area (TPSA) is 114 Å². The molecule has 0 aliphatic heterocycles. The molecule has 0 spiro atoms. The normalized spacial score (nSPS) is 12.5. The maximum absolute atomic E-state index is 12.8. The van der Waals surface area contributed by atoms with Crippen LogP contribution < -0.4 is 11.2 Å². The molecule has 122 valence electrons. The van der Waals surface area contributed by atoms with Gasteiger partial charge in [-0.15, -0.1) is 0 Å². The summed E-state index contributed by atoms with van der Waals surface area (Å²) >= 11 is 0. The van der Waals surface area contributed by atoms with Gasteiger partial charge in [0, 0.05) is 27.7 Å². The van der Waals surface area contributed by atoms with Gasteiger partial charge in [0.1, 0.15) is 0 Å². The van der Waals surface area contributed by atoms with Gasteiger partial charge in [0.15, 0.2) is 0 Å². The summed E-state index contributed by atoms with van der Waals surface area (Å²) in [6.07, 6.45) is 1.46. The van der Waals surface area contributed by atoms with E-state index in [1.54, 1.807) is 7.11 Å². The largest absolute Gasteiger partial charge is 0.382 e. The van der Waals surface area contributed by atoms with Crippen molar-refractivity contribution in [3.63, 3.8) is 0 Å². The van der Waals surface area contributed by atoms with Crippen LogP contribution in [0.2, 0.25) is 0 Å². The number of ether oxygens (including phenoxy) is 2. The molecule has 0 amide bonds. The second kappa shape index (κ2) is 8.67. The fraction of sp³-hybridized carbons (Fsp3) is 0.667. The van der Waals surface area contributed by atoms with E-state index in [9.17, 15) is 14.0 Å². The van der Waals surface area contributed by atoms with Crippen LogP contribution >= 0.6 is 0 Å². The van der Waals surface area contributed by atoms with Gasteiger partial charge in [-0.1, -0.05) is 0 Å². The fourth-order valence-electron chi connectivity index (χ4n) is 1.09. The van der Waals surface area contributed by atoms with Crippen LogP contribution in [0.25, 0.3) is 0 Å².